The molecule has 1 fully saturated rings. The first kappa shape index (κ1) is 13.4. The Morgan fingerprint density at radius 1 is 1.17 bits per heavy atom. The van der Waals surface area contributed by atoms with Gasteiger partial charge < -0.3 is 10.2 Å². The highest BCUT2D eigenvalue weighted by Crippen LogP contribution is 2.26. The summed E-state index contributed by atoms with van der Waals surface area (Å²) < 4.78 is 0. The van der Waals surface area contributed by atoms with Gasteiger partial charge in [-0.15, -0.1) is 0 Å². The van der Waals surface area contributed by atoms with Crippen LogP contribution in [0.2, 0.25) is 0 Å². The van der Waals surface area contributed by atoms with Gasteiger partial charge in [-0.1, -0.05) is 31.9 Å². The number of rotatable bonds is 6. The first-order valence-electron chi connectivity index (χ1n) is 7.30. The third-order valence-corrected chi connectivity index (χ3v) is 3.96. The van der Waals surface area contributed by atoms with Crippen molar-refractivity contribution in [2.24, 2.45) is 5.92 Å². The van der Waals surface area contributed by atoms with Crippen LogP contribution in [0.15, 0.2) is 24.3 Å². The van der Waals surface area contributed by atoms with E-state index in [1.807, 2.05) is 0 Å². The largest absolute Gasteiger partial charge is 0.374 e. The standard InChI is InChI=1S/C16H26N2/c1-3-17-12-14-8-10-16(11-9-14)18(2)13-15-6-4-5-7-15/h8-11,15,17H,3-7,12-13H2,1-2H3. The van der Waals surface area contributed by atoms with Gasteiger partial charge in [-0.25, -0.2) is 0 Å². The van der Waals surface area contributed by atoms with E-state index in [1.54, 1.807) is 0 Å². The fraction of sp³-hybridized carbons (Fsp3) is 0.625. The number of nitrogens with one attached hydrogen (secondary N) is 1. The molecule has 2 nitrogen and oxygen atoms in total. The molecule has 1 saturated carbocycles. The highest BCUT2D eigenvalue weighted by molar-refractivity contribution is 5.46. The van der Waals surface area contributed by atoms with E-state index >= 15 is 0 Å². The van der Waals surface area contributed by atoms with Crippen molar-refractivity contribution in [3.05, 3.63) is 29.8 Å². The van der Waals surface area contributed by atoms with Crippen LogP contribution < -0.4 is 10.2 Å². The molecule has 0 saturated heterocycles. The summed E-state index contributed by atoms with van der Waals surface area (Å²) in [7, 11) is 2.22. The quantitative estimate of drug-likeness (QED) is 0.827. The summed E-state index contributed by atoms with van der Waals surface area (Å²) in [5, 5.41) is 3.36. The summed E-state index contributed by atoms with van der Waals surface area (Å²) >= 11 is 0. The minimum atomic E-state index is 0.913. The van der Waals surface area contributed by atoms with E-state index < -0.39 is 0 Å². The highest BCUT2D eigenvalue weighted by Gasteiger charge is 2.16. The lowest BCUT2D eigenvalue weighted by Gasteiger charge is -2.23. The first-order valence-corrected chi connectivity index (χ1v) is 7.30. The minimum absolute atomic E-state index is 0.913. The number of hydrogen-bond donors (Lipinski definition) is 1. The van der Waals surface area contributed by atoms with E-state index in [9.17, 15) is 0 Å². The van der Waals surface area contributed by atoms with Crippen LogP contribution in [0.25, 0.3) is 0 Å². The van der Waals surface area contributed by atoms with E-state index in [0.29, 0.717) is 0 Å². The Bertz CT molecular complexity index is 339. The molecule has 0 heterocycles. The molecule has 0 aliphatic heterocycles. The van der Waals surface area contributed by atoms with E-state index in [4.69, 9.17) is 0 Å². The SMILES string of the molecule is CCNCc1ccc(N(C)CC2CCCC2)cc1. The highest BCUT2D eigenvalue weighted by atomic mass is 15.1. The summed E-state index contributed by atoms with van der Waals surface area (Å²) in [5.74, 6) is 0.913. The lowest BCUT2D eigenvalue weighted by atomic mass is 10.1. The maximum atomic E-state index is 3.36. The first-order chi connectivity index (χ1) is 8.79. The van der Waals surface area contributed by atoms with E-state index in [0.717, 1.165) is 19.0 Å². The molecule has 100 valence electrons. The number of nitrogens with zero attached hydrogens (tertiary/aromatic N) is 1. The van der Waals surface area contributed by atoms with Crippen molar-refractivity contribution in [2.75, 3.05) is 25.0 Å². The summed E-state index contributed by atoms with van der Waals surface area (Å²) in [4.78, 5) is 2.41. The summed E-state index contributed by atoms with van der Waals surface area (Å²) in [6.07, 6.45) is 5.70. The van der Waals surface area contributed by atoms with Crippen LogP contribution in [-0.2, 0) is 6.54 Å². The second-order valence-electron chi connectivity index (χ2n) is 5.48. The van der Waals surface area contributed by atoms with Crippen LogP contribution in [0.4, 0.5) is 5.69 Å². The molecule has 0 atom stereocenters. The van der Waals surface area contributed by atoms with Gasteiger partial charge in [0.1, 0.15) is 0 Å². The average molecular weight is 246 g/mol. The fourth-order valence-corrected chi connectivity index (χ4v) is 2.82. The Hall–Kier alpha value is -1.02. The van der Waals surface area contributed by atoms with Crippen LogP contribution in [0.3, 0.4) is 0 Å². The molecular weight excluding hydrogens is 220 g/mol. The number of hydrogen-bond acceptors (Lipinski definition) is 2. The van der Waals surface area contributed by atoms with Crippen LogP contribution in [0.5, 0.6) is 0 Å². The lowest BCUT2D eigenvalue weighted by molar-refractivity contribution is 0.547. The van der Waals surface area contributed by atoms with Crippen LogP contribution >= 0.6 is 0 Å². The van der Waals surface area contributed by atoms with E-state index in [1.165, 1.54) is 43.5 Å². The predicted molar refractivity (Wildman–Crippen MR) is 79.1 cm³/mol. The summed E-state index contributed by atoms with van der Waals surface area (Å²) in [6.45, 7) is 5.36. The minimum Gasteiger partial charge on any atom is -0.374 e. The third kappa shape index (κ3) is 3.74. The molecule has 0 spiro atoms. The fourth-order valence-electron chi connectivity index (χ4n) is 2.82. The van der Waals surface area contributed by atoms with Gasteiger partial charge in [-0.3, -0.25) is 0 Å². The molecule has 2 heteroatoms. The zero-order valence-corrected chi connectivity index (χ0v) is 11.8. The maximum absolute atomic E-state index is 3.36. The smallest absolute Gasteiger partial charge is 0.0363 e. The van der Waals surface area contributed by atoms with Gasteiger partial charge in [0.25, 0.3) is 0 Å². The zero-order valence-electron chi connectivity index (χ0n) is 11.8. The third-order valence-electron chi connectivity index (χ3n) is 3.96. The van der Waals surface area contributed by atoms with Gasteiger partial charge >= 0.3 is 0 Å². The molecule has 1 aliphatic carbocycles. The van der Waals surface area contributed by atoms with Gasteiger partial charge in [0.05, 0.1) is 0 Å². The Morgan fingerprint density at radius 3 is 2.44 bits per heavy atom. The average Bonchev–Trinajstić information content (AvgIpc) is 2.89. The molecule has 1 aromatic rings. The van der Waals surface area contributed by atoms with Gasteiger partial charge in [0, 0.05) is 25.8 Å². The normalized spacial score (nSPS) is 16.1. The van der Waals surface area contributed by atoms with Crippen LogP contribution in [0, 0.1) is 5.92 Å². The van der Waals surface area contributed by atoms with Gasteiger partial charge in [-0.2, -0.15) is 0 Å². The predicted octanol–water partition coefficient (Wildman–Crippen LogP) is 3.42. The molecule has 18 heavy (non-hydrogen) atoms. The van der Waals surface area contributed by atoms with Crippen molar-refractivity contribution >= 4 is 5.69 Å². The molecule has 1 aromatic carbocycles. The summed E-state index contributed by atoms with van der Waals surface area (Å²) in [5.41, 5.74) is 2.72. The topological polar surface area (TPSA) is 15.3 Å². The number of benzene rings is 1. The summed E-state index contributed by atoms with van der Waals surface area (Å²) in [6, 6.07) is 8.98. The molecule has 0 aromatic heterocycles. The van der Waals surface area contributed by atoms with Crippen molar-refractivity contribution in [3.63, 3.8) is 0 Å². The Kier molecular flexibility index (Phi) is 5.06. The second-order valence-corrected chi connectivity index (χ2v) is 5.48. The van der Waals surface area contributed by atoms with Crippen LogP contribution in [0.1, 0.15) is 38.2 Å². The Balaban J connectivity index is 1.87. The monoisotopic (exact) mass is 246 g/mol. The molecule has 1 aliphatic rings. The molecule has 2 rings (SSSR count). The molecule has 0 amide bonds. The molecule has 0 unspecified atom stereocenters. The van der Waals surface area contributed by atoms with Crippen molar-refractivity contribution in [1.82, 2.24) is 5.32 Å². The maximum Gasteiger partial charge on any atom is 0.0363 e. The zero-order chi connectivity index (χ0) is 12.8. The molecule has 1 N–H and O–H groups in total. The van der Waals surface area contributed by atoms with Crippen molar-refractivity contribution in [1.29, 1.82) is 0 Å². The van der Waals surface area contributed by atoms with Crippen molar-refractivity contribution < 1.29 is 0 Å². The molecule has 0 radical (unpaired) electrons. The molecule has 0 bridgehead atoms. The van der Waals surface area contributed by atoms with Gasteiger partial charge in [-0.05, 0) is 43.0 Å². The Labute approximate surface area is 111 Å². The lowest BCUT2D eigenvalue weighted by Crippen LogP contribution is -2.23. The Morgan fingerprint density at radius 2 is 1.83 bits per heavy atom. The second kappa shape index (κ2) is 6.79. The molecular formula is C16H26N2. The van der Waals surface area contributed by atoms with E-state index in [2.05, 4.69) is 48.5 Å². The van der Waals surface area contributed by atoms with Crippen LogP contribution in [-0.4, -0.2) is 20.1 Å². The van der Waals surface area contributed by atoms with Gasteiger partial charge in [0.15, 0.2) is 0 Å². The van der Waals surface area contributed by atoms with Crippen molar-refractivity contribution in [2.45, 2.75) is 39.2 Å². The number of anilines is 1. The van der Waals surface area contributed by atoms with Crippen molar-refractivity contribution in [3.8, 4) is 0 Å². The van der Waals surface area contributed by atoms with E-state index in [-0.39, 0.29) is 0 Å². The van der Waals surface area contributed by atoms with Gasteiger partial charge in [0.2, 0.25) is 0 Å².